The van der Waals surface area contributed by atoms with E-state index in [-0.39, 0.29) is 0 Å². The summed E-state index contributed by atoms with van der Waals surface area (Å²) >= 11 is 0. The Kier molecular flexibility index (Phi) is 2.74. The normalized spacial score (nSPS) is 12.4. The van der Waals surface area contributed by atoms with Crippen LogP contribution in [-0.4, -0.2) is 32.1 Å². The number of hydrogen-bond acceptors (Lipinski definition) is 2. The quantitative estimate of drug-likeness (QED) is 0.463. The van der Waals surface area contributed by atoms with Crippen molar-refractivity contribution in [3.63, 3.8) is 0 Å². The molecule has 0 fully saturated rings. The van der Waals surface area contributed by atoms with Gasteiger partial charge in [-0.3, -0.25) is 0 Å². The third kappa shape index (κ3) is 2.98. The summed E-state index contributed by atoms with van der Waals surface area (Å²) in [5.41, 5.74) is 0. The van der Waals surface area contributed by atoms with Crippen molar-refractivity contribution in [1.29, 1.82) is 0 Å². The molecule has 0 aliphatic rings. The van der Waals surface area contributed by atoms with Gasteiger partial charge >= 0.3 is 8.08 Å². The Morgan fingerprint density at radius 3 is 1.57 bits per heavy atom. The van der Waals surface area contributed by atoms with E-state index in [2.05, 4.69) is 6.55 Å². The Balaban J connectivity index is 3.36. The Hall–Kier alpha value is 0.354. The van der Waals surface area contributed by atoms with E-state index in [4.69, 9.17) is 8.85 Å². The molecule has 0 heterocycles. The smallest absolute Gasteiger partial charge is 0.300 e. The van der Waals surface area contributed by atoms with Crippen LogP contribution in [0.15, 0.2) is 0 Å². The molecule has 4 heteroatoms. The Morgan fingerprint density at radius 2 is 1.57 bits per heavy atom. The zero-order valence-corrected chi connectivity index (χ0v) is 8.32. The van der Waals surface area contributed by atoms with Crippen molar-refractivity contribution in [3.05, 3.63) is 0 Å². The average Bonchev–Trinajstić information content (AvgIpc) is 1.68. The summed E-state index contributed by atoms with van der Waals surface area (Å²) in [5.74, 6) is 0. The van der Waals surface area contributed by atoms with Crippen molar-refractivity contribution in [2.75, 3.05) is 14.2 Å². The topological polar surface area (TPSA) is 18.5 Å². The van der Waals surface area contributed by atoms with Crippen molar-refractivity contribution in [2.45, 2.75) is 6.55 Å². The summed E-state index contributed by atoms with van der Waals surface area (Å²) in [5, 5.41) is 0. The minimum absolute atomic E-state index is 1.04. The lowest BCUT2D eigenvalue weighted by atomic mass is 11.8. The first-order valence-corrected chi connectivity index (χ1v) is 8.04. The lowest BCUT2D eigenvalue weighted by molar-refractivity contribution is 0.273. The predicted molar refractivity (Wildman–Crippen MR) is 35.6 cm³/mol. The highest BCUT2D eigenvalue weighted by Gasteiger charge is 2.18. The summed E-state index contributed by atoms with van der Waals surface area (Å²) in [6.07, 6.45) is 0. The lowest BCUT2D eigenvalue weighted by Crippen LogP contribution is -2.36. The first-order valence-electron chi connectivity index (χ1n) is 2.22. The van der Waals surface area contributed by atoms with Crippen molar-refractivity contribution >= 4 is 17.8 Å². The van der Waals surface area contributed by atoms with Gasteiger partial charge in [0.1, 0.15) is 0 Å². The van der Waals surface area contributed by atoms with Gasteiger partial charge in [-0.2, -0.15) is 0 Å². The Morgan fingerprint density at radius 1 is 1.29 bits per heavy atom. The molecule has 0 bridgehead atoms. The van der Waals surface area contributed by atoms with Crippen molar-refractivity contribution in [3.8, 4) is 0 Å². The van der Waals surface area contributed by atoms with E-state index >= 15 is 0 Å². The second-order valence-electron chi connectivity index (χ2n) is 1.81. The van der Waals surface area contributed by atoms with Gasteiger partial charge in [-0.1, -0.05) is 0 Å². The molecule has 7 heavy (non-hydrogen) atoms. The van der Waals surface area contributed by atoms with Gasteiger partial charge in [0.25, 0.3) is 0 Å². The fourth-order valence-electron chi connectivity index (χ4n) is 0.0833. The molecule has 0 saturated carbocycles. The molecule has 0 rings (SSSR count). The molecule has 0 unspecified atom stereocenters. The largest absolute Gasteiger partial charge is 0.401 e. The predicted octanol–water partition coefficient (Wildman–Crippen LogP) is -0.787. The van der Waals surface area contributed by atoms with E-state index in [1.165, 1.54) is 0 Å². The standard InChI is InChI=1S/C3H12O2Si2/c1-4-7(3,6)5-2/h1-3,6H3. The zero-order chi connectivity index (χ0) is 5.91. The molecular weight excluding hydrogens is 124 g/mol. The van der Waals surface area contributed by atoms with E-state index in [0.29, 0.717) is 0 Å². The molecule has 0 aromatic heterocycles. The molecule has 0 radical (unpaired) electrons. The molecule has 0 amide bonds. The highest BCUT2D eigenvalue weighted by atomic mass is 29.2. The van der Waals surface area contributed by atoms with Gasteiger partial charge in [-0.15, -0.1) is 0 Å². The number of rotatable bonds is 2. The van der Waals surface area contributed by atoms with E-state index in [9.17, 15) is 0 Å². The second kappa shape index (κ2) is 2.61. The summed E-state index contributed by atoms with van der Waals surface area (Å²) < 4.78 is 10.1. The van der Waals surface area contributed by atoms with Crippen LogP contribution in [0.2, 0.25) is 6.55 Å². The van der Waals surface area contributed by atoms with Crippen LogP contribution in [0.5, 0.6) is 0 Å². The molecule has 0 aromatic carbocycles. The minimum Gasteiger partial charge on any atom is -0.401 e. The highest BCUT2D eigenvalue weighted by molar-refractivity contribution is 7.08. The molecule has 44 valence electrons. The molecule has 2 nitrogen and oxygen atoms in total. The first-order chi connectivity index (χ1) is 3.12. The SMILES string of the molecule is CO[Si](C)([SiH3])OC. The lowest BCUT2D eigenvalue weighted by Gasteiger charge is -2.16. The van der Waals surface area contributed by atoms with Crippen molar-refractivity contribution in [1.82, 2.24) is 0 Å². The third-order valence-corrected chi connectivity index (χ3v) is 5.40. The van der Waals surface area contributed by atoms with Crippen LogP contribution in [-0.2, 0) is 8.85 Å². The van der Waals surface area contributed by atoms with Crippen LogP contribution in [0.3, 0.4) is 0 Å². The maximum Gasteiger partial charge on any atom is 0.300 e. The van der Waals surface area contributed by atoms with E-state index in [0.717, 1.165) is 9.76 Å². The molecule has 0 aliphatic heterocycles. The zero-order valence-electron chi connectivity index (χ0n) is 5.32. The average molecular weight is 136 g/mol. The van der Waals surface area contributed by atoms with Gasteiger partial charge in [0.15, 0.2) is 0 Å². The van der Waals surface area contributed by atoms with E-state index < -0.39 is 8.08 Å². The Labute approximate surface area is 48.3 Å². The molecular formula is C3H12O2Si2. The van der Waals surface area contributed by atoms with Gasteiger partial charge in [0.05, 0.1) is 9.76 Å². The maximum atomic E-state index is 5.07. The molecule has 0 N–H and O–H groups in total. The summed E-state index contributed by atoms with van der Waals surface area (Å²) in [6.45, 7) is 2.05. The highest BCUT2D eigenvalue weighted by Crippen LogP contribution is 1.94. The number of hydrogen-bond donors (Lipinski definition) is 0. The Bertz CT molecular complexity index is 48.9. The van der Waals surface area contributed by atoms with Gasteiger partial charge in [-0.25, -0.2) is 0 Å². The molecule has 0 atom stereocenters. The van der Waals surface area contributed by atoms with Crippen LogP contribution in [0.4, 0.5) is 0 Å². The monoisotopic (exact) mass is 136 g/mol. The summed E-state index contributed by atoms with van der Waals surface area (Å²) in [7, 11) is 2.95. The van der Waals surface area contributed by atoms with Gasteiger partial charge in [0.2, 0.25) is 0 Å². The van der Waals surface area contributed by atoms with Crippen LogP contribution in [0, 0.1) is 0 Å². The van der Waals surface area contributed by atoms with Crippen molar-refractivity contribution < 1.29 is 8.85 Å². The summed E-state index contributed by atoms with van der Waals surface area (Å²) in [6, 6.07) is 0. The summed E-state index contributed by atoms with van der Waals surface area (Å²) in [4.78, 5) is 0. The van der Waals surface area contributed by atoms with E-state index in [1.807, 2.05) is 0 Å². The molecule has 0 aliphatic carbocycles. The maximum absolute atomic E-state index is 5.07. The first kappa shape index (κ1) is 7.35. The molecule has 0 aromatic rings. The minimum atomic E-state index is -1.51. The van der Waals surface area contributed by atoms with Gasteiger partial charge in [-0.05, 0) is 6.55 Å². The van der Waals surface area contributed by atoms with Crippen LogP contribution in [0.25, 0.3) is 0 Å². The van der Waals surface area contributed by atoms with Crippen LogP contribution in [0.1, 0.15) is 0 Å². The van der Waals surface area contributed by atoms with Gasteiger partial charge in [0, 0.05) is 14.2 Å². The van der Waals surface area contributed by atoms with E-state index in [1.54, 1.807) is 14.2 Å². The molecule has 0 spiro atoms. The van der Waals surface area contributed by atoms with Crippen molar-refractivity contribution in [2.24, 2.45) is 0 Å². The third-order valence-electron chi connectivity index (χ3n) is 0.983. The van der Waals surface area contributed by atoms with Gasteiger partial charge < -0.3 is 8.85 Å². The second-order valence-corrected chi connectivity index (χ2v) is 10.9. The fourth-order valence-corrected chi connectivity index (χ4v) is 0.250. The fraction of sp³-hybridized carbons (Fsp3) is 1.00. The molecule has 0 saturated heterocycles. The van der Waals surface area contributed by atoms with Crippen LogP contribution >= 0.6 is 0 Å². The van der Waals surface area contributed by atoms with Crippen LogP contribution < -0.4 is 0 Å².